The Morgan fingerprint density at radius 3 is 2.46 bits per heavy atom. The highest BCUT2D eigenvalue weighted by molar-refractivity contribution is 7.89. The van der Waals surface area contributed by atoms with Gasteiger partial charge < -0.3 is 5.32 Å². The van der Waals surface area contributed by atoms with Gasteiger partial charge in [-0.2, -0.15) is 17.5 Å². The van der Waals surface area contributed by atoms with E-state index in [1.165, 1.54) is 16.4 Å². The zero-order valence-electron chi connectivity index (χ0n) is 18.7. The van der Waals surface area contributed by atoms with E-state index in [0.717, 1.165) is 28.8 Å². The Balaban J connectivity index is 1.51. The second kappa shape index (κ2) is 9.64. The number of rotatable bonds is 5. The number of hydrogen-bond donors (Lipinski definition) is 1. The number of sulfonamides is 1. The number of alkyl halides is 3. The number of anilines is 1. The minimum absolute atomic E-state index is 0.130. The van der Waals surface area contributed by atoms with E-state index >= 15 is 0 Å². The van der Waals surface area contributed by atoms with Crippen molar-refractivity contribution in [1.82, 2.24) is 4.31 Å². The molecule has 0 saturated carbocycles. The summed E-state index contributed by atoms with van der Waals surface area (Å²) in [5.41, 5.74) is 2.34. The van der Waals surface area contributed by atoms with Crippen LogP contribution in [0.4, 0.5) is 18.9 Å². The van der Waals surface area contributed by atoms with Crippen molar-refractivity contribution in [2.75, 3.05) is 11.9 Å². The molecule has 0 aromatic heterocycles. The number of nitrogens with one attached hydrogen (secondary N) is 1. The summed E-state index contributed by atoms with van der Waals surface area (Å²) in [5.74, 6) is -0.435. The van der Waals surface area contributed by atoms with Crippen LogP contribution in [-0.2, 0) is 40.4 Å². The molecule has 0 radical (unpaired) electrons. The minimum atomic E-state index is -4.45. The molecule has 0 unspecified atom stereocenters. The maximum Gasteiger partial charge on any atom is 0.416 e. The number of benzene rings is 3. The predicted molar refractivity (Wildman–Crippen MR) is 128 cm³/mol. The van der Waals surface area contributed by atoms with E-state index in [-0.39, 0.29) is 24.4 Å². The summed E-state index contributed by atoms with van der Waals surface area (Å²) in [5, 5.41) is 3.07. The number of hydrogen-bond acceptors (Lipinski definition) is 3. The highest BCUT2D eigenvalue weighted by Gasteiger charge is 2.31. The molecule has 4 rings (SSSR count). The topological polar surface area (TPSA) is 66.5 Å². The molecule has 184 valence electrons. The van der Waals surface area contributed by atoms with Gasteiger partial charge >= 0.3 is 6.18 Å². The van der Waals surface area contributed by atoms with Crippen LogP contribution < -0.4 is 5.32 Å². The standard InChI is InChI=1S/C25H22ClF3N2O3S/c1-16-3-2-4-20(13-16)35(33,34)31-12-11-21-18(15-31)7-10-22(26)24(21)30-23(32)14-17-5-8-19(9-6-17)25(27,28)29/h2-10,13H,11-12,14-15H2,1H3,(H,30,32). The third-order valence-corrected chi connectivity index (χ3v) is 8.01. The van der Waals surface area contributed by atoms with Crippen LogP contribution in [0.1, 0.15) is 27.8 Å². The van der Waals surface area contributed by atoms with Crippen LogP contribution in [0.3, 0.4) is 0 Å². The van der Waals surface area contributed by atoms with E-state index in [2.05, 4.69) is 5.32 Å². The van der Waals surface area contributed by atoms with Crippen molar-refractivity contribution in [3.63, 3.8) is 0 Å². The second-order valence-corrected chi connectivity index (χ2v) is 10.7. The van der Waals surface area contributed by atoms with Gasteiger partial charge in [0.15, 0.2) is 0 Å². The summed E-state index contributed by atoms with van der Waals surface area (Å²) in [7, 11) is -3.70. The van der Waals surface area contributed by atoms with Crippen LogP contribution in [0.5, 0.6) is 0 Å². The van der Waals surface area contributed by atoms with Gasteiger partial charge in [0.05, 0.1) is 27.6 Å². The van der Waals surface area contributed by atoms with Crippen LogP contribution in [0.15, 0.2) is 65.6 Å². The molecule has 0 aliphatic carbocycles. The number of nitrogens with zero attached hydrogens (tertiary/aromatic N) is 1. The van der Waals surface area contributed by atoms with Gasteiger partial charge in [-0.05, 0) is 65.9 Å². The van der Waals surface area contributed by atoms with Crippen molar-refractivity contribution in [1.29, 1.82) is 0 Å². The van der Waals surface area contributed by atoms with Gasteiger partial charge in [-0.15, -0.1) is 0 Å². The molecule has 3 aromatic rings. The number of aryl methyl sites for hydroxylation is 1. The van der Waals surface area contributed by atoms with E-state index in [4.69, 9.17) is 11.6 Å². The maximum atomic E-state index is 13.1. The first-order valence-electron chi connectivity index (χ1n) is 10.8. The van der Waals surface area contributed by atoms with Crippen LogP contribution in [0, 0.1) is 6.92 Å². The lowest BCUT2D eigenvalue weighted by Crippen LogP contribution is -2.36. The molecule has 10 heteroatoms. The molecule has 3 aromatic carbocycles. The van der Waals surface area contributed by atoms with Gasteiger partial charge in [-0.25, -0.2) is 8.42 Å². The molecule has 1 aliphatic heterocycles. The largest absolute Gasteiger partial charge is 0.416 e. The molecular formula is C25H22ClF3N2O3S. The summed E-state index contributed by atoms with van der Waals surface area (Å²) in [4.78, 5) is 12.9. The van der Waals surface area contributed by atoms with Gasteiger partial charge in [0, 0.05) is 13.1 Å². The van der Waals surface area contributed by atoms with Crippen molar-refractivity contribution in [2.24, 2.45) is 0 Å². The Labute approximate surface area is 206 Å². The average molecular weight is 523 g/mol. The lowest BCUT2D eigenvalue weighted by Gasteiger charge is -2.30. The van der Waals surface area contributed by atoms with Gasteiger partial charge in [-0.3, -0.25) is 4.79 Å². The fourth-order valence-corrected chi connectivity index (χ4v) is 5.80. The van der Waals surface area contributed by atoms with E-state index < -0.39 is 27.7 Å². The number of amides is 1. The van der Waals surface area contributed by atoms with Crippen molar-refractivity contribution in [3.8, 4) is 0 Å². The third-order valence-electron chi connectivity index (χ3n) is 5.85. The molecule has 0 atom stereocenters. The molecule has 1 heterocycles. The molecule has 5 nitrogen and oxygen atoms in total. The van der Waals surface area contributed by atoms with Crippen molar-refractivity contribution in [3.05, 3.63) is 93.5 Å². The van der Waals surface area contributed by atoms with Crippen LogP contribution in [0.25, 0.3) is 0 Å². The fourth-order valence-electron chi connectivity index (χ4n) is 4.05. The lowest BCUT2D eigenvalue weighted by molar-refractivity contribution is -0.137. The highest BCUT2D eigenvalue weighted by atomic mass is 35.5. The number of halogens is 4. The normalized spacial score (nSPS) is 14.4. The summed E-state index contributed by atoms with van der Waals surface area (Å²) >= 11 is 6.35. The van der Waals surface area contributed by atoms with Gasteiger partial charge in [0.2, 0.25) is 15.9 Å². The lowest BCUT2D eigenvalue weighted by atomic mass is 9.98. The van der Waals surface area contributed by atoms with Crippen molar-refractivity contribution >= 4 is 33.2 Å². The Morgan fingerprint density at radius 1 is 1.09 bits per heavy atom. The summed E-state index contributed by atoms with van der Waals surface area (Å²) in [6.45, 7) is 2.17. The minimum Gasteiger partial charge on any atom is -0.324 e. The predicted octanol–water partition coefficient (Wildman–Crippen LogP) is 5.60. The van der Waals surface area contributed by atoms with Crippen molar-refractivity contribution in [2.45, 2.75) is 37.4 Å². The maximum absolute atomic E-state index is 13.1. The molecule has 0 spiro atoms. The third kappa shape index (κ3) is 5.52. The van der Waals surface area contributed by atoms with Gasteiger partial charge in [0.1, 0.15) is 0 Å². The summed E-state index contributed by atoms with van der Waals surface area (Å²) in [6.07, 6.45) is -4.24. The van der Waals surface area contributed by atoms with E-state index in [1.807, 2.05) is 13.0 Å². The molecule has 0 fully saturated rings. The average Bonchev–Trinajstić information content (AvgIpc) is 2.80. The van der Waals surface area contributed by atoms with Gasteiger partial charge in [0.25, 0.3) is 0 Å². The quantitative estimate of drug-likeness (QED) is 0.474. The number of carbonyl (C=O) groups is 1. The van der Waals surface area contributed by atoms with E-state index in [9.17, 15) is 26.4 Å². The Kier molecular flexibility index (Phi) is 6.95. The zero-order chi connectivity index (χ0) is 25.4. The molecule has 35 heavy (non-hydrogen) atoms. The first kappa shape index (κ1) is 25.2. The molecule has 1 aliphatic rings. The zero-order valence-corrected chi connectivity index (χ0v) is 20.3. The number of fused-ring (bicyclic) bond motifs is 1. The van der Waals surface area contributed by atoms with Crippen molar-refractivity contribution < 1.29 is 26.4 Å². The molecule has 0 saturated heterocycles. The Morgan fingerprint density at radius 2 is 1.80 bits per heavy atom. The SMILES string of the molecule is Cc1cccc(S(=O)(=O)N2CCc3c(ccc(Cl)c3NC(=O)Cc3ccc(C(F)(F)F)cc3)C2)c1. The Hall–Kier alpha value is -2.88. The smallest absolute Gasteiger partial charge is 0.324 e. The molecule has 1 N–H and O–H groups in total. The van der Waals surface area contributed by atoms with Crippen LogP contribution in [0.2, 0.25) is 5.02 Å². The highest BCUT2D eigenvalue weighted by Crippen LogP contribution is 2.35. The molecule has 1 amide bonds. The fraction of sp³-hybridized carbons (Fsp3) is 0.240. The van der Waals surface area contributed by atoms with Crippen LogP contribution >= 0.6 is 11.6 Å². The van der Waals surface area contributed by atoms with Crippen LogP contribution in [-0.4, -0.2) is 25.2 Å². The first-order chi connectivity index (χ1) is 16.4. The monoisotopic (exact) mass is 522 g/mol. The van der Waals surface area contributed by atoms with E-state index in [0.29, 0.717) is 22.7 Å². The molecular weight excluding hydrogens is 501 g/mol. The summed E-state index contributed by atoms with van der Waals surface area (Å²) < 4.78 is 65.9. The number of carbonyl (C=O) groups excluding carboxylic acids is 1. The first-order valence-corrected chi connectivity index (χ1v) is 12.6. The second-order valence-electron chi connectivity index (χ2n) is 8.38. The van der Waals surface area contributed by atoms with E-state index in [1.54, 1.807) is 30.3 Å². The van der Waals surface area contributed by atoms with Gasteiger partial charge in [-0.1, -0.05) is 41.9 Å². The Bertz CT molecular complexity index is 1370. The molecule has 0 bridgehead atoms. The summed E-state index contributed by atoms with van der Waals surface area (Å²) in [6, 6.07) is 14.4.